The molecule has 0 spiro atoms. The molecule has 1 aromatic carbocycles. The first-order chi connectivity index (χ1) is 12.2. The van der Waals surface area contributed by atoms with Crippen molar-refractivity contribution in [2.75, 3.05) is 6.61 Å². The molecule has 1 nitrogen and oxygen atoms in total. The van der Waals surface area contributed by atoms with Gasteiger partial charge in [-0.3, -0.25) is 0 Å². The highest BCUT2D eigenvalue weighted by atomic mass is 19.2. The number of hydrogen-bond acceptors (Lipinski definition) is 1. The maximum atomic E-state index is 14.5. The summed E-state index contributed by atoms with van der Waals surface area (Å²) in [4.78, 5) is 0. The maximum Gasteiger partial charge on any atom is 0.201 e. The molecule has 0 bridgehead atoms. The summed E-state index contributed by atoms with van der Waals surface area (Å²) in [5, 5.41) is 0. The third kappa shape index (κ3) is 5.69. The Morgan fingerprint density at radius 2 is 1.92 bits per heavy atom. The van der Waals surface area contributed by atoms with Crippen LogP contribution in [-0.2, 0) is 0 Å². The number of rotatable bonds is 9. The molecule has 3 heteroatoms. The predicted octanol–water partition coefficient (Wildman–Crippen LogP) is 7.07. The van der Waals surface area contributed by atoms with E-state index in [0.717, 1.165) is 44.1 Å². The lowest BCUT2D eigenvalue weighted by molar-refractivity contribution is 0.285. The summed E-state index contributed by atoms with van der Waals surface area (Å²) < 4.78 is 34.2. The number of benzene rings is 1. The standard InChI is InChI=1S/C22H30F2O/c1-3-5-6-7-8-16-25-20-15-14-19(21(23)22(20)24)18-12-10-17(9-4-2)11-13-18/h4,9,12,14-15,17H,3,5-8,10-11,13,16H2,1-2H3/b9-4+. The van der Waals surface area contributed by atoms with Gasteiger partial charge in [-0.1, -0.05) is 50.8 Å². The zero-order chi connectivity index (χ0) is 18.1. The lowest BCUT2D eigenvalue weighted by Gasteiger charge is -2.20. The molecule has 0 heterocycles. The number of allylic oxidation sites excluding steroid dienone is 4. The van der Waals surface area contributed by atoms with Crippen molar-refractivity contribution in [2.45, 2.75) is 65.2 Å². The van der Waals surface area contributed by atoms with E-state index in [4.69, 9.17) is 4.74 Å². The Hall–Kier alpha value is -1.64. The summed E-state index contributed by atoms with van der Waals surface area (Å²) in [5.74, 6) is -1.10. The highest BCUT2D eigenvalue weighted by Gasteiger charge is 2.20. The van der Waals surface area contributed by atoms with Crippen molar-refractivity contribution in [2.24, 2.45) is 5.92 Å². The molecule has 0 saturated carbocycles. The highest BCUT2D eigenvalue weighted by Crippen LogP contribution is 2.34. The molecule has 0 aliphatic heterocycles. The van der Waals surface area contributed by atoms with Gasteiger partial charge in [-0.25, -0.2) is 4.39 Å². The topological polar surface area (TPSA) is 9.23 Å². The molecular weight excluding hydrogens is 318 g/mol. The van der Waals surface area contributed by atoms with Crippen LogP contribution in [0.15, 0.2) is 30.4 Å². The Kier molecular flexibility index (Phi) is 8.17. The summed E-state index contributed by atoms with van der Waals surface area (Å²) in [5.41, 5.74) is 1.29. The van der Waals surface area contributed by atoms with Crippen LogP contribution in [0.3, 0.4) is 0 Å². The van der Waals surface area contributed by atoms with E-state index in [-0.39, 0.29) is 5.75 Å². The average Bonchev–Trinajstić information content (AvgIpc) is 2.63. The second-order valence-corrected chi connectivity index (χ2v) is 6.79. The van der Waals surface area contributed by atoms with Crippen molar-refractivity contribution >= 4 is 5.57 Å². The molecule has 0 saturated heterocycles. The molecule has 1 aromatic rings. The van der Waals surface area contributed by atoms with E-state index in [0.29, 0.717) is 18.1 Å². The first-order valence-corrected chi connectivity index (χ1v) is 9.60. The van der Waals surface area contributed by atoms with Gasteiger partial charge in [0.1, 0.15) is 0 Å². The Morgan fingerprint density at radius 3 is 2.60 bits per heavy atom. The number of hydrogen-bond donors (Lipinski definition) is 0. The minimum Gasteiger partial charge on any atom is -0.490 e. The Morgan fingerprint density at radius 1 is 1.12 bits per heavy atom. The molecule has 1 aliphatic rings. The van der Waals surface area contributed by atoms with E-state index in [9.17, 15) is 8.78 Å². The van der Waals surface area contributed by atoms with Crippen LogP contribution >= 0.6 is 0 Å². The highest BCUT2D eigenvalue weighted by molar-refractivity contribution is 5.67. The summed E-state index contributed by atoms with van der Waals surface area (Å²) in [6, 6.07) is 3.23. The van der Waals surface area contributed by atoms with E-state index >= 15 is 0 Å². The normalized spacial score (nSPS) is 17.8. The van der Waals surface area contributed by atoms with Crippen molar-refractivity contribution in [3.05, 3.63) is 47.6 Å². The van der Waals surface area contributed by atoms with Crippen LogP contribution in [0.1, 0.15) is 70.8 Å². The molecule has 2 rings (SSSR count). The van der Waals surface area contributed by atoms with Gasteiger partial charge < -0.3 is 4.74 Å². The molecule has 1 unspecified atom stereocenters. The van der Waals surface area contributed by atoms with Gasteiger partial charge in [0.15, 0.2) is 11.6 Å². The predicted molar refractivity (Wildman–Crippen MR) is 101 cm³/mol. The number of unbranched alkanes of at least 4 members (excludes halogenated alkanes) is 4. The molecule has 0 amide bonds. The Balaban J connectivity index is 1.96. The van der Waals surface area contributed by atoms with Crippen LogP contribution in [-0.4, -0.2) is 6.61 Å². The Labute approximate surface area is 150 Å². The van der Waals surface area contributed by atoms with Gasteiger partial charge in [-0.2, -0.15) is 4.39 Å². The lowest BCUT2D eigenvalue weighted by Crippen LogP contribution is -2.06. The first-order valence-electron chi connectivity index (χ1n) is 9.60. The average molecular weight is 348 g/mol. The third-order valence-electron chi connectivity index (χ3n) is 4.81. The van der Waals surface area contributed by atoms with E-state index in [1.54, 1.807) is 12.1 Å². The van der Waals surface area contributed by atoms with Crippen molar-refractivity contribution in [3.63, 3.8) is 0 Å². The summed E-state index contributed by atoms with van der Waals surface area (Å²) in [6.07, 6.45) is 14.4. The Bertz CT molecular complexity index is 604. The van der Waals surface area contributed by atoms with Gasteiger partial charge in [0.2, 0.25) is 5.82 Å². The maximum absolute atomic E-state index is 14.5. The zero-order valence-electron chi connectivity index (χ0n) is 15.5. The fraction of sp³-hybridized carbons (Fsp3) is 0.545. The molecule has 1 atom stereocenters. The minimum absolute atomic E-state index is 0.0277. The van der Waals surface area contributed by atoms with Crippen LogP contribution in [0.5, 0.6) is 5.75 Å². The van der Waals surface area contributed by atoms with Gasteiger partial charge in [0, 0.05) is 5.56 Å². The van der Waals surface area contributed by atoms with Crippen molar-refractivity contribution < 1.29 is 13.5 Å². The molecule has 1 aliphatic carbocycles. The van der Waals surface area contributed by atoms with Gasteiger partial charge in [-0.05, 0) is 56.2 Å². The van der Waals surface area contributed by atoms with E-state index in [1.165, 1.54) is 12.8 Å². The smallest absolute Gasteiger partial charge is 0.201 e. The van der Waals surface area contributed by atoms with Gasteiger partial charge in [0.05, 0.1) is 6.61 Å². The van der Waals surface area contributed by atoms with Crippen LogP contribution < -0.4 is 4.74 Å². The SMILES string of the molecule is C/C=C/C1CC=C(c2ccc(OCCCCCCC)c(F)c2F)CC1. The zero-order valence-corrected chi connectivity index (χ0v) is 15.5. The molecule has 0 fully saturated rings. The third-order valence-corrected chi connectivity index (χ3v) is 4.81. The quantitative estimate of drug-likeness (QED) is 0.342. The second-order valence-electron chi connectivity index (χ2n) is 6.79. The van der Waals surface area contributed by atoms with Gasteiger partial charge in [0.25, 0.3) is 0 Å². The van der Waals surface area contributed by atoms with E-state index < -0.39 is 11.6 Å². The van der Waals surface area contributed by atoms with Crippen LogP contribution in [0, 0.1) is 17.6 Å². The monoisotopic (exact) mass is 348 g/mol. The lowest BCUT2D eigenvalue weighted by atomic mass is 9.86. The van der Waals surface area contributed by atoms with Crippen molar-refractivity contribution in [1.29, 1.82) is 0 Å². The van der Waals surface area contributed by atoms with Gasteiger partial charge in [-0.15, -0.1) is 0 Å². The largest absolute Gasteiger partial charge is 0.490 e. The summed E-state index contributed by atoms with van der Waals surface area (Å²) in [6.45, 7) is 4.61. The van der Waals surface area contributed by atoms with Crippen LogP contribution in [0.4, 0.5) is 8.78 Å². The molecule has 0 aromatic heterocycles. The van der Waals surface area contributed by atoms with Crippen molar-refractivity contribution in [3.8, 4) is 5.75 Å². The summed E-state index contributed by atoms with van der Waals surface area (Å²) in [7, 11) is 0. The second kappa shape index (κ2) is 10.4. The molecule has 0 N–H and O–H groups in total. The van der Waals surface area contributed by atoms with E-state index in [1.807, 2.05) is 13.0 Å². The number of halogens is 2. The molecule has 25 heavy (non-hydrogen) atoms. The van der Waals surface area contributed by atoms with Crippen LogP contribution in [0.2, 0.25) is 0 Å². The first kappa shape index (κ1) is 19.7. The molecule has 138 valence electrons. The van der Waals surface area contributed by atoms with Crippen LogP contribution in [0.25, 0.3) is 5.57 Å². The fourth-order valence-corrected chi connectivity index (χ4v) is 3.32. The van der Waals surface area contributed by atoms with E-state index in [2.05, 4.69) is 19.1 Å². The van der Waals surface area contributed by atoms with Gasteiger partial charge >= 0.3 is 0 Å². The number of ether oxygens (including phenoxy) is 1. The minimum atomic E-state index is -0.859. The summed E-state index contributed by atoms with van der Waals surface area (Å²) >= 11 is 0. The molecular formula is C22H30F2O. The fourth-order valence-electron chi connectivity index (χ4n) is 3.32. The van der Waals surface area contributed by atoms with Crippen molar-refractivity contribution in [1.82, 2.24) is 0 Å². The molecule has 0 radical (unpaired) electrons.